The third-order valence-corrected chi connectivity index (χ3v) is 3.64. The van der Waals surface area contributed by atoms with Gasteiger partial charge in [-0.25, -0.2) is 4.79 Å². The van der Waals surface area contributed by atoms with Gasteiger partial charge in [-0.05, 0) is 40.5 Å². The molecule has 1 aromatic rings. The summed E-state index contributed by atoms with van der Waals surface area (Å²) in [6.07, 6.45) is 5.83. The molecule has 1 aromatic heterocycles. The van der Waals surface area contributed by atoms with Crippen molar-refractivity contribution in [3.8, 4) is 0 Å². The highest BCUT2D eigenvalue weighted by molar-refractivity contribution is 5.69. The van der Waals surface area contributed by atoms with Gasteiger partial charge in [0.15, 0.2) is 0 Å². The molecular weight excluding hydrogens is 280 g/mol. The lowest BCUT2D eigenvalue weighted by molar-refractivity contribution is 0.0235. The molecule has 0 aromatic carbocycles. The van der Waals surface area contributed by atoms with Gasteiger partial charge in [-0.2, -0.15) is 5.10 Å². The van der Waals surface area contributed by atoms with Crippen LogP contribution in [0.2, 0.25) is 0 Å². The summed E-state index contributed by atoms with van der Waals surface area (Å²) in [5.41, 5.74) is 0.707. The van der Waals surface area contributed by atoms with Gasteiger partial charge in [-0.3, -0.25) is 4.68 Å². The van der Waals surface area contributed by atoms with Crippen molar-refractivity contribution >= 4 is 6.09 Å². The number of carbonyl (C=O) groups is 1. The first-order chi connectivity index (χ1) is 10.3. The fraction of sp³-hybridized carbons (Fsp3) is 0.750. The van der Waals surface area contributed by atoms with Crippen molar-refractivity contribution in [2.75, 3.05) is 13.1 Å². The van der Waals surface area contributed by atoms with Gasteiger partial charge < -0.3 is 15.0 Å². The number of ether oxygens (including phenoxy) is 1. The van der Waals surface area contributed by atoms with Gasteiger partial charge in [0.2, 0.25) is 0 Å². The molecule has 1 aliphatic rings. The van der Waals surface area contributed by atoms with Gasteiger partial charge in [0.25, 0.3) is 0 Å². The van der Waals surface area contributed by atoms with Gasteiger partial charge in [-0.15, -0.1) is 0 Å². The van der Waals surface area contributed by atoms with E-state index in [-0.39, 0.29) is 12.1 Å². The van der Waals surface area contributed by atoms with Crippen LogP contribution < -0.4 is 5.32 Å². The van der Waals surface area contributed by atoms with Gasteiger partial charge in [-0.1, -0.05) is 0 Å². The van der Waals surface area contributed by atoms with Gasteiger partial charge in [0.1, 0.15) is 5.60 Å². The summed E-state index contributed by atoms with van der Waals surface area (Å²) in [5.74, 6) is 0. The molecule has 0 saturated heterocycles. The summed E-state index contributed by atoms with van der Waals surface area (Å²) in [6, 6.07) is 0.568. The van der Waals surface area contributed by atoms with Crippen LogP contribution in [0.15, 0.2) is 12.4 Å². The van der Waals surface area contributed by atoms with Crippen molar-refractivity contribution in [1.82, 2.24) is 20.0 Å². The van der Waals surface area contributed by atoms with E-state index in [4.69, 9.17) is 4.74 Å². The Morgan fingerprint density at radius 1 is 1.55 bits per heavy atom. The average Bonchev–Trinajstić information content (AvgIpc) is 3.13. The second kappa shape index (κ2) is 6.69. The van der Waals surface area contributed by atoms with Gasteiger partial charge >= 0.3 is 6.09 Å². The predicted octanol–water partition coefficient (Wildman–Crippen LogP) is 2.47. The van der Waals surface area contributed by atoms with E-state index in [0.29, 0.717) is 12.6 Å². The van der Waals surface area contributed by atoms with E-state index >= 15 is 0 Å². The normalized spacial score (nSPS) is 16.4. The number of amides is 1. The number of rotatable bonds is 6. The second-order valence-electron chi connectivity index (χ2n) is 7.03. The minimum atomic E-state index is -0.444. The Kier molecular flexibility index (Phi) is 5.11. The molecule has 1 N–H and O–H groups in total. The standard InChI is InChI=1S/C16H28N4O2/c1-12(13-10-18-19(5)11-13)17-8-9-20(14-6-7-14)15(21)22-16(2,3)4/h10-12,14,17H,6-9H2,1-5H3. The van der Waals surface area contributed by atoms with Crippen molar-refractivity contribution < 1.29 is 9.53 Å². The Labute approximate surface area is 132 Å². The molecule has 1 saturated carbocycles. The third-order valence-electron chi connectivity index (χ3n) is 3.64. The number of hydrogen-bond donors (Lipinski definition) is 1. The Hall–Kier alpha value is -1.56. The second-order valence-corrected chi connectivity index (χ2v) is 7.03. The van der Waals surface area contributed by atoms with Gasteiger partial charge in [0.05, 0.1) is 6.20 Å². The zero-order chi connectivity index (χ0) is 16.3. The smallest absolute Gasteiger partial charge is 0.410 e. The Bertz CT molecular complexity index is 502. The van der Waals surface area contributed by atoms with Crippen LogP contribution in [-0.2, 0) is 11.8 Å². The highest BCUT2D eigenvalue weighted by Gasteiger charge is 2.34. The summed E-state index contributed by atoms with van der Waals surface area (Å²) < 4.78 is 7.29. The molecule has 2 rings (SSSR count). The molecule has 0 aliphatic heterocycles. The Balaban J connectivity index is 1.81. The predicted molar refractivity (Wildman–Crippen MR) is 85.6 cm³/mol. The molecule has 124 valence electrons. The highest BCUT2D eigenvalue weighted by atomic mass is 16.6. The minimum absolute atomic E-state index is 0.203. The number of nitrogens with one attached hydrogen (secondary N) is 1. The number of nitrogens with zero attached hydrogens (tertiary/aromatic N) is 3. The molecule has 22 heavy (non-hydrogen) atoms. The fourth-order valence-corrected chi connectivity index (χ4v) is 2.31. The largest absolute Gasteiger partial charge is 0.444 e. The summed E-state index contributed by atoms with van der Waals surface area (Å²) in [7, 11) is 1.91. The van der Waals surface area contributed by atoms with Crippen molar-refractivity contribution in [2.45, 2.75) is 58.2 Å². The van der Waals surface area contributed by atoms with E-state index in [2.05, 4.69) is 17.3 Å². The number of aryl methyl sites for hydroxylation is 1. The van der Waals surface area contributed by atoms with E-state index in [1.54, 1.807) is 4.68 Å². The molecule has 0 spiro atoms. The van der Waals surface area contributed by atoms with Crippen molar-refractivity contribution in [3.63, 3.8) is 0 Å². The van der Waals surface area contributed by atoms with Crippen LogP contribution in [0.4, 0.5) is 4.79 Å². The molecule has 1 aliphatic carbocycles. The number of hydrogen-bond acceptors (Lipinski definition) is 4. The van der Waals surface area contributed by atoms with Crippen molar-refractivity contribution in [1.29, 1.82) is 0 Å². The van der Waals surface area contributed by atoms with E-state index in [9.17, 15) is 4.79 Å². The Morgan fingerprint density at radius 3 is 2.73 bits per heavy atom. The quantitative estimate of drug-likeness (QED) is 0.877. The first-order valence-electron chi connectivity index (χ1n) is 7.98. The topological polar surface area (TPSA) is 59.4 Å². The van der Waals surface area contributed by atoms with Crippen LogP contribution in [0.1, 0.15) is 52.1 Å². The maximum atomic E-state index is 12.3. The van der Waals surface area contributed by atoms with Crippen LogP contribution in [0.3, 0.4) is 0 Å². The molecule has 1 unspecified atom stereocenters. The van der Waals surface area contributed by atoms with Crippen LogP contribution in [0, 0.1) is 0 Å². The molecule has 6 nitrogen and oxygen atoms in total. The lowest BCUT2D eigenvalue weighted by Crippen LogP contribution is -2.42. The van der Waals surface area contributed by atoms with E-state index < -0.39 is 5.60 Å². The molecule has 1 atom stereocenters. The first-order valence-corrected chi connectivity index (χ1v) is 7.98. The molecule has 1 amide bonds. The highest BCUT2D eigenvalue weighted by Crippen LogP contribution is 2.28. The van der Waals surface area contributed by atoms with E-state index in [1.807, 2.05) is 45.1 Å². The van der Waals surface area contributed by atoms with Crippen LogP contribution in [-0.4, -0.2) is 45.5 Å². The number of carbonyl (C=O) groups excluding carboxylic acids is 1. The zero-order valence-corrected chi connectivity index (χ0v) is 14.3. The molecule has 6 heteroatoms. The van der Waals surface area contributed by atoms with Gasteiger partial charge in [0, 0.05) is 44.0 Å². The summed E-state index contributed by atoms with van der Waals surface area (Å²) in [4.78, 5) is 14.1. The molecule has 0 bridgehead atoms. The molecule has 0 radical (unpaired) electrons. The first kappa shape index (κ1) is 16.8. The maximum Gasteiger partial charge on any atom is 0.410 e. The van der Waals surface area contributed by atoms with Crippen molar-refractivity contribution in [3.05, 3.63) is 18.0 Å². The van der Waals surface area contributed by atoms with E-state index in [1.165, 1.54) is 0 Å². The van der Waals surface area contributed by atoms with Crippen LogP contribution >= 0.6 is 0 Å². The minimum Gasteiger partial charge on any atom is -0.444 e. The SMILES string of the molecule is CC(NCCN(C(=O)OC(C)(C)C)C1CC1)c1cnn(C)c1. The lowest BCUT2D eigenvalue weighted by Gasteiger charge is -2.28. The Morgan fingerprint density at radius 2 is 2.23 bits per heavy atom. The summed E-state index contributed by atoms with van der Waals surface area (Å²) >= 11 is 0. The monoisotopic (exact) mass is 308 g/mol. The zero-order valence-electron chi connectivity index (χ0n) is 14.3. The lowest BCUT2D eigenvalue weighted by atomic mass is 10.2. The molecular formula is C16H28N4O2. The van der Waals surface area contributed by atoms with Crippen molar-refractivity contribution in [2.24, 2.45) is 7.05 Å². The van der Waals surface area contributed by atoms with Crippen LogP contribution in [0.25, 0.3) is 0 Å². The average molecular weight is 308 g/mol. The van der Waals surface area contributed by atoms with Crippen LogP contribution in [0.5, 0.6) is 0 Å². The molecule has 1 heterocycles. The fourth-order valence-electron chi connectivity index (χ4n) is 2.31. The summed E-state index contributed by atoms with van der Waals surface area (Å²) in [5, 5.41) is 7.62. The maximum absolute atomic E-state index is 12.3. The molecule has 1 fully saturated rings. The third kappa shape index (κ3) is 5.02. The summed E-state index contributed by atoms with van der Waals surface area (Å²) in [6.45, 7) is 9.22. The van der Waals surface area contributed by atoms with E-state index in [0.717, 1.165) is 24.9 Å². The number of aromatic nitrogens is 2.